The van der Waals surface area contributed by atoms with Gasteiger partial charge in [-0.3, -0.25) is 4.79 Å². The summed E-state index contributed by atoms with van der Waals surface area (Å²) in [6.07, 6.45) is 0.775. The van der Waals surface area contributed by atoms with Gasteiger partial charge in [-0.05, 0) is 12.3 Å². The Bertz CT molecular complexity index is 296. The first-order chi connectivity index (χ1) is 6.41. The van der Waals surface area contributed by atoms with Gasteiger partial charge >= 0.3 is 0 Å². The monoisotopic (exact) mass is 219 g/mol. The third kappa shape index (κ3) is 3.29. The lowest BCUT2D eigenvalue weighted by molar-refractivity contribution is -0.124. The number of sulfone groups is 1. The van der Waals surface area contributed by atoms with Crippen molar-refractivity contribution in [1.82, 2.24) is 5.32 Å². The van der Waals surface area contributed by atoms with Gasteiger partial charge in [-0.15, -0.1) is 0 Å². The maximum absolute atomic E-state index is 11.1. The molecule has 0 radical (unpaired) electrons. The van der Waals surface area contributed by atoms with E-state index < -0.39 is 9.84 Å². The van der Waals surface area contributed by atoms with Gasteiger partial charge in [0, 0.05) is 12.5 Å². The second kappa shape index (κ2) is 4.29. The van der Waals surface area contributed by atoms with Crippen LogP contribution in [0.15, 0.2) is 0 Å². The van der Waals surface area contributed by atoms with Crippen molar-refractivity contribution < 1.29 is 13.2 Å². The van der Waals surface area contributed by atoms with Crippen LogP contribution in [0.5, 0.6) is 0 Å². The van der Waals surface area contributed by atoms with E-state index in [1.807, 2.05) is 13.8 Å². The maximum atomic E-state index is 11.1. The van der Waals surface area contributed by atoms with Crippen LogP contribution in [-0.4, -0.2) is 32.4 Å². The first kappa shape index (κ1) is 11.5. The predicted octanol–water partition coefficient (Wildman–Crippen LogP) is 0.193. The third-order valence-electron chi connectivity index (χ3n) is 2.36. The van der Waals surface area contributed by atoms with Gasteiger partial charge in [0.05, 0.1) is 11.5 Å². The van der Waals surface area contributed by atoms with Crippen LogP contribution in [0, 0.1) is 11.8 Å². The zero-order chi connectivity index (χ0) is 10.8. The van der Waals surface area contributed by atoms with Gasteiger partial charge < -0.3 is 5.32 Å². The first-order valence-electron chi connectivity index (χ1n) is 4.89. The molecule has 1 aliphatic rings. The molecule has 1 fully saturated rings. The quantitative estimate of drug-likeness (QED) is 0.734. The second-order valence-corrected chi connectivity index (χ2v) is 6.33. The summed E-state index contributed by atoms with van der Waals surface area (Å²) in [5.41, 5.74) is 0. The average Bonchev–Trinajstić information content (AvgIpc) is 2.00. The van der Waals surface area contributed by atoms with Crippen LogP contribution in [-0.2, 0) is 14.6 Å². The molecule has 0 saturated carbocycles. The lowest BCUT2D eigenvalue weighted by Gasteiger charge is -2.25. The van der Waals surface area contributed by atoms with Crippen LogP contribution in [0.1, 0.15) is 20.3 Å². The van der Waals surface area contributed by atoms with E-state index in [0.717, 1.165) is 6.42 Å². The Morgan fingerprint density at radius 3 is 2.43 bits per heavy atom. The van der Waals surface area contributed by atoms with Crippen LogP contribution in [0.25, 0.3) is 0 Å². The van der Waals surface area contributed by atoms with Crippen molar-refractivity contribution in [3.8, 4) is 0 Å². The van der Waals surface area contributed by atoms with E-state index in [4.69, 9.17) is 0 Å². The number of hydrogen-bond acceptors (Lipinski definition) is 3. The van der Waals surface area contributed by atoms with Crippen molar-refractivity contribution >= 4 is 15.7 Å². The molecule has 0 aliphatic carbocycles. The third-order valence-corrected chi connectivity index (χ3v) is 4.31. The number of hydrogen-bond donors (Lipinski definition) is 1. The summed E-state index contributed by atoms with van der Waals surface area (Å²) < 4.78 is 21.6. The SMILES string of the molecule is CC(C)C(=O)NCCC1CS(=O)(=O)C1. The zero-order valence-corrected chi connectivity index (χ0v) is 9.43. The molecular formula is C9H17NO3S. The molecule has 1 amide bonds. The number of rotatable bonds is 4. The first-order valence-corrected chi connectivity index (χ1v) is 6.71. The number of carbonyl (C=O) groups is 1. The van der Waals surface area contributed by atoms with Gasteiger partial charge in [0.15, 0.2) is 9.84 Å². The van der Waals surface area contributed by atoms with Crippen molar-refractivity contribution in [2.45, 2.75) is 20.3 Å². The van der Waals surface area contributed by atoms with Gasteiger partial charge in [0.1, 0.15) is 0 Å². The Morgan fingerprint density at radius 1 is 1.43 bits per heavy atom. The number of nitrogens with one attached hydrogen (secondary N) is 1. The van der Waals surface area contributed by atoms with Crippen molar-refractivity contribution in [3.05, 3.63) is 0 Å². The molecule has 1 N–H and O–H groups in total. The van der Waals surface area contributed by atoms with Crippen molar-refractivity contribution in [3.63, 3.8) is 0 Å². The van der Waals surface area contributed by atoms with Gasteiger partial charge in [-0.2, -0.15) is 0 Å². The van der Waals surface area contributed by atoms with Gasteiger partial charge in [-0.25, -0.2) is 8.42 Å². The van der Waals surface area contributed by atoms with Crippen molar-refractivity contribution in [2.75, 3.05) is 18.1 Å². The molecule has 0 spiro atoms. The molecule has 14 heavy (non-hydrogen) atoms. The second-order valence-electron chi connectivity index (χ2n) is 4.18. The highest BCUT2D eigenvalue weighted by molar-refractivity contribution is 7.92. The molecule has 1 heterocycles. The molecule has 1 rings (SSSR count). The lowest BCUT2D eigenvalue weighted by Crippen LogP contribution is -2.39. The van der Waals surface area contributed by atoms with Crippen LogP contribution in [0.4, 0.5) is 0 Å². The zero-order valence-electron chi connectivity index (χ0n) is 8.62. The highest BCUT2D eigenvalue weighted by Gasteiger charge is 2.32. The molecule has 1 saturated heterocycles. The minimum absolute atomic E-state index is 0.000114. The van der Waals surface area contributed by atoms with Crippen molar-refractivity contribution in [2.24, 2.45) is 11.8 Å². The molecule has 0 bridgehead atoms. The summed E-state index contributed by atoms with van der Waals surface area (Å²) in [5, 5.41) is 2.77. The lowest BCUT2D eigenvalue weighted by atomic mass is 10.1. The van der Waals surface area contributed by atoms with Crippen LogP contribution in [0.2, 0.25) is 0 Å². The molecule has 0 unspecified atom stereocenters. The van der Waals surface area contributed by atoms with Gasteiger partial charge in [0.25, 0.3) is 0 Å². The molecule has 1 aliphatic heterocycles. The minimum Gasteiger partial charge on any atom is -0.356 e. The summed E-state index contributed by atoms with van der Waals surface area (Å²) in [5.74, 6) is 0.884. The smallest absolute Gasteiger partial charge is 0.222 e. The molecule has 5 heteroatoms. The highest BCUT2D eigenvalue weighted by Crippen LogP contribution is 2.20. The topological polar surface area (TPSA) is 63.2 Å². The molecule has 0 aromatic carbocycles. The van der Waals surface area contributed by atoms with E-state index in [0.29, 0.717) is 18.1 Å². The summed E-state index contributed by atoms with van der Waals surface area (Å²) >= 11 is 0. The fourth-order valence-electron chi connectivity index (χ4n) is 1.44. The highest BCUT2D eigenvalue weighted by atomic mass is 32.2. The summed E-state index contributed by atoms with van der Waals surface area (Å²) in [7, 11) is -2.71. The Morgan fingerprint density at radius 2 is 2.00 bits per heavy atom. The summed E-state index contributed by atoms with van der Waals surface area (Å²) in [6.45, 7) is 4.27. The van der Waals surface area contributed by atoms with Gasteiger partial charge in [-0.1, -0.05) is 13.8 Å². The fraction of sp³-hybridized carbons (Fsp3) is 0.889. The van der Waals surface area contributed by atoms with Crippen LogP contribution >= 0.6 is 0 Å². The Labute approximate surface area is 85.0 Å². The Hall–Kier alpha value is -0.580. The summed E-state index contributed by atoms with van der Waals surface area (Å²) in [6, 6.07) is 0. The molecular weight excluding hydrogens is 202 g/mol. The largest absolute Gasteiger partial charge is 0.356 e. The van der Waals surface area contributed by atoms with Gasteiger partial charge in [0.2, 0.25) is 5.91 Å². The predicted molar refractivity (Wildman–Crippen MR) is 54.6 cm³/mol. The van der Waals surface area contributed by atoms with E-state index in [1.54, 1.807) is 0 Å². The van der Waals surface area contributed by atoms with E-state index in [1.165, 1.54) is 0 Å². The number of carbonyl (C=O) groups excluding carboxylic acids is 1. The maximum Gasteiger partial charge on any atom is 0.222 e. The minimum atomic E-state index is -2.71. The van der Waals surface area contributed by atoms with E-state index in [-0.39, 0.29) is 17.7 Å². The average molecular weight is 219 g/mol. The van der Waals surface area contributed by atoms with E-state index in [2.05, 4.69) is 5.32 Å². The Balaban J connectivity index is 2.09. The normalized spacial score (nSPS) is 20.5. The molecule has 0 atom stereocenters. The fourth-order valence-corrected chi connectivity index (χ4v) is 3.11. The molecule has 0 aromatic rings. The molecule has 4 nitrogen and oxygen atoms in total. The molecule has 0 aromatic heterocycles. The standard InChI is InChI=1S/C9H17NO3S/c1-7(2)9(11)10-4-3-8-5-14(12,13)6-8/h7-8H,3-6H2,1-2H3,(H,10,11). The van der Waals surface area contributed by atoms with E-state index in [9.17, 15) is 13.2 Å². The van der Waals surface area contributed by atoms with Crippen molar-refractivity contribution in [1.29, 1.82) is 0 Å². The number of amides is 1. The van der Waals surface area contributed by atoms with Crippen LogP contribution < -0.4 is 5.32 Å². The van der Waals surface area contributed by atoms with E-state index >= 15 is 0 Å². The Kier molecular flexibility index (Phi) is 3.53. The summed E-state index contributed by atoms with van der Waals surface area (Å²) in [4.78, 5) is 11.1. The molecule has 82 valence electrons. The van der Waals surface area contributed by atoms with Crippen LogP contribution in [0.3, 0.4) is 0 Å².